The van der Waals surface area contributed by atoms with Crippen LogP contribution in [0.1, 0.15) is 54.3 Å². The Balaban J connectivity index is 2.82. The lowest BCUT2D eigenvalue weighted by Gasteiger charge is -2.20. The number of aromatic carboxylic acids is 1. The van der Waals surface area contributed by atoms with Gasteiger partial charge in [0.25, 0.3) is 0 Å². The van der Waals surface area contributed by atoms with Crippen molar-refractivity contribution in [2.45, 2.75) is 39.7 Å². The second-order valence-electron chi connectivity index (χ2n) is 4.86. The van der Waals surface area contributed by atoms with Crippen LogP contribution in [0.4, 0.5) is 0 Å². The molecule has 1 aromatic rings. The summed E-state index contributed by atoms with van der Waals surface area (Å²) in [4.78, 5) is 22.9. The highest BCUT2D eigenvalue weighted by molar-refractivity contribution is 5.94. The lowest BCUT2D eigenvalue weighted by atomic mass is 10.0. The summed E-state index contributed by atoms with van der Waals surface area (Å²) in [6.07, 6.45) is 1.61. The molecule has 0 aliphatic carbocycles. The molecule has 19 heavy (non-hydrogen) atoms. The molecule has 4 nitrogen and oxygen atoms in total. The zero-order valence-corrected chi connectivity index (χ0v) is 11.6. The van der Waals surface area contributed by atoms with Gasteiger partial charge < -0.3 is 9.84 Å². The summed E-state index contributed by atoms with van der Waals surface area (Å²) in [7, 11) is 0. The van der Waals surface area contributed by atoms with Crippen LogP contribution in [-0.4, -0.2) is 23.1 Å². The van der Waals surface area contributed by atoms with Gasteiger partial charge in [-0.05, 0) is 30.5 Å². The Labute approximate surface area is 113 Å². The molecule has 1 aromatic carbocycles. The predicted molar refractivity (Wildman–Crippen MR) is 72.4 cm³/mol. The molecule has 1 N–H and O–H groups in total. The molecular weight excluding hydrogens is 244 g/mol. The highest BCUT2D eigenvalue weighted by Crippen LogP contribution is 2.16. The minimum atomic E-state index is -1.05. The van der Waals surface area contributed by atoms with Crippen LogP contribution in [0, 0.1) is 5.92 Å². The molecule has 0 radical (unpaired) electrons. The molecule has 1 rings (SSSR count). The van der Waals surface area contributed by atoms with E-state index in [4.69, 9.17) is 9.84 Å². The van der Waals surface area contributed by atoms with Crippen LogP contribution in [0.3, 0.4) is 0 Å². The maximum absolute atomic E-state index is 12.0. The number of rotatable bonds is 6. The summed E-state index contributed by atoms with van der Waals surface area (Å²) in [5.74, 6) is -1.27. The third kappa shape index (κ3) is 4.39. The minimum absolute atomic E-state index is 0.0889. The van der Waals surface area contributed by atoms with Gasteiger partial charge in [0.05, 0.1) is 11.1 Å². The first-order valence-electron chi connectivity index (χ1n) is 6.50. The molecule has 0 aliphatic rings. The van der Waals surface area contributed by atoms with E-state index >= 15 is 0 Å². The lowest BCUT2D eigenvalue weighted by molar-refractivity contribution is 0.0157. The maximum Gasteiger partial charge on any atom is 0.338 e. The van der Waals surface area contributed by atoms with Gasteiger partial charge >= 0.3 is 11.9 Å². The van der Waals surface area contributed by atoms with Gasteiger partial charge in [0, 0.05) is 0 Å². The van der Waals surface area contributed by atoms with Crippen LogP contribution in [0.25, 0.3) is 0 Å². The predicted octanol–water partition coefficient (Wildman–Crippen LogP) is 3.37. The number of hydrogen-bond donors (Lipinski definition) is 1. The SMILES string of the molecule is CCCC(OC(=O)c1cccc(C(=O)O)c1)C(C)C. The largest absolute Gasteiger partial charge is 0.478 e. The van der Waals surface area contributed by atoms with Crippen molar-refractivity contribution >= 4 is 11.9 Å². The highest BCUT2D eigenvalue weighted by Gasteiger charge is 2.19. The highest BCUT2D eigenvalue weighted by atomic mass is 16.5. The molecular formula is C15H20O4. The molecule has 4 heteroatoms. The topological polar surface area (TPSA) is 63.6 Å². The van der Waals surface area contributed by atoms with Gasteiger partial charge in [0.1, 0.15) is 6.10 Å². The van der Waals surface area contributed by atoms with Crippen LogP contribution in [0.2, 0.25) is 0 Å². The third-order valence-electron chi connectivity index (χ3n) is 2.92. The minimum Gasteiger partial charge on any atom is -0.478 e. The van der Waals surface area contributed by atoms with Crippen molar-refractivity contribution in [3.63, 3.8) is 0 Å². The molecule has 0 aromatic heterocycles. The quantitative estimate of drug-likeness (QED) is 0.800. The van der Waals surface area contributed by atoms with E-state index < -0.39 is 11.9 Å². The van der Waals surface area contributed by atoms with E-state index in [0.29, 0.717) is 0 Å². The summed E-state index contributed by atoms with van der Waals surface area (Å²) in [6, 6.07) is 5.90. The number of carboxylic acids is 1. The standard InChI is InChI=1S/C15H20O4/c1-4-6-13(10(2)3)19-15(18)12-8-5-7-11(9-12)14(16)17/h5,7-10,13H,4,6H2,1-3H3,(H,16,17). The Morgan fingerprint density at radius 2 is 1.89 bits per heavy atom. The van der Waals surface area contributed by atoms with Crippen LogP contribution >= 0.6 is 0 Å². The summed E-state index contributed by atoms with van der Waals surface area (Å²) < 4.78 is 5.44. The number of ether oxygens (including phenoxy) is 1. The second kappa shape index (κ2) is 6.92. The van der Waals surface area contributed by atoms with E-state index in [-0.39, 0.29) is 23.1 Å². The normalized spacial score (nSPS) is 12.2. The smallest absolute Gasteiger partial charge is 0.338 e. The van der Waals surface area contributed by atoms with Crippen molar-refractivity contribution in [1.82, 2.24) is 0 Å². The van der Waals surface area contributed by atoms with Crippen molar-refractivity contribution in [2.24, 2.45) is 5.92 Å². The van der Waals surface area contributed by atoms with Gasteiger partial charge in [-0.2, -0.15) is 0 Å². The van der Waals surface area contributed by atoms with Crippen LogP contribution in [0.15, 0.2) is 24.3 Å². The van der Waals surface area contributed by atoms with E-state index in [0.717, 1.165) is 12.8 Å². The Bertz CT molecular complexity index is 451. The van der Waals surface area contributed by atoms with Crippen molar-refractivity contribution in [3.05, 3.63) is 35.4 Å². The van der Waals surface area contributed by atoms with E-state index in [2.05, 4.69) is 0 Å². The van der Waals surface area contributed by atoms with Crippen LogP contribution < -0.4 is 0 Å². The van der Waals surface area contributed by atoms with Crippen molar-refractivity contribution in [2.75, 3.05) is 0 Å². The number of benzene rings is 1. The molecule has 0 heterocycles. The summed E-state index contributed by atoms with van der Waals surface area (Å²) in [5, 5.41) is 8.89. The lowest BCUT2D eigenvalue weighted by Crippen LogP contribution is -2.23. The van der Waals surface area contributed by atoms with Gasteiger partial charge in [0.15, 0.2) is 0 Å². The van der Waals surface area contributed by atoms with Gasteiger partial charge in [-0.1, -0.05) is 33.3 Å². The monoisotopic (exact) mass is 264 g/mol. The molecule has 0 amide bonds. The third-order valence-corrected chi connectivity index (χ3v) is 2.92. The zero-order valence-electron chi connectivity index (χ0n) is 11.6. The number of carbonyl (C=O) groups is 2. The van der Waals surface area contributed by atoms with Crippen molar-refractivity contribution in [1.29, 1.82) is 0 Å². The summed E-state index contributed by atoms with van der Waals surface area (Å²) in [5.41, 5.74) is 0.368. The summed E-state index contributed by atoms with van der Waals surface area (Å²) >= 11 is 0. The van der Waals surface area contributed by atoms with Crippen LogP contribution in [-0.2, 0) is 4.74 Å². The Hall–Kier alpha value is -1.84. The Morgan fingerprint density at radius 1 is 1.26 bits per heavy atom. The molecule has 0 bridgehead atoms. The summed E-state index contributed by atoms with van der Waals surface area (Å²) in [6.45, 7) is 6.04. The van der Waals surface area contributed by atoms with Gasteiger partial charge in [-0.25, -0.2) is 9.59 Å². The Kier molecular flexibility index (Phi) is 5.55. The molecule has 0 saturated heterocycles. The van der Waals surface area contributed by atoms with Crippen molar-refractivity contribution < 1.29 is 19.4 Å². The van der Waals surface area contributed by atoms with Gasteiger partial charge in [0.2, 0.25) is 0 Å². The second-order valence-corrected chi connectivity index (χ2v) is 4.86. The number of carboxylic acid groups (broad SMARTS) is 1. The van der Waals surface area contributed by atoms with E-state index in [9.17, 15) is 9.59 Å². The fraction of sp³-hybridized carbons (Fsp3) is 0.467. The first kappa shape index (κ1) is 15.2. The Morgan fingerprint density at radius 3 is 2.42 bits per heavy atom. The van der Waals surface area contributed by atoms with E-state index in [1.807, 2.05) is 20.8 Å². The first-order chi connectivity index (χ1) is 8.95. The average Bonchev–Trinajstić information content (AvgIpc) is 2.38. The fourth-order valence-electron chi connectivity index (χ4n) is 1.80. The first-order valence-corrected chi connectivity index (χ1v) is 6.50. The number of esters is 1. The molecule has 0 fully saturated rings. The number of carbonyl (C=O) groups excluding carboxylic acids is 1. The molecule has 1 atom stereocenters. The fourth-order valence-corrected chi connectivity index (χ4v) is 1.80. The molecule has 0 aliphatic heterocycles. The average molecular weight is 264 g/mol. The van der Waals surface area contributed by atoms with Crippen molar-refractivity contribution in [3.8, 4) is 0 Å². The molecule has 1 unspecified atom stereocenters. The van der Waals surface area contributed by atoms with E-state index in [1.54, 1.807) is 12.1 Å². The molecule has 0 saturated carbocycles. The van der Waals surface area contributed by atoms with E-state index in [1.165, 1.54) is 12.1 Å². The maximum atomic E-state index is 12.0. The van der Waals surface area contributed by atoms with Gasteiger partial charge in [-0.3, -0.25) is 0 Å². The van der Waals surface area contributed by atoms with Gasteiger partial charge in [-0.15, -0.1) is 0 Å². The zero-order chi connectivity index (χ0) is 14.4. The number of hydrogen-bond acceptors (Lipinski definition) is 3. The molecule has 104 valence electrons. The molecule has 0 spiro atoms. The van der Waals surface area contributed by atoms with Crippen LogP contribution in [0.5, 0.6) is 0 Å².